The normalized spacial score (nSPS) is 19.1. The van der Waals surface area contributed by atoms with Crippen LogP contribution >= 0.6 is 11.8 Å². The highest BCUT2D eigenvalue weighted by Crippen LogP contribution is 2.27. The molecule has 0 spiro atoms. The minimum absolute atomic E-state index is 0.0479. The van der Waals surface area contributed by atoms with E-state index in [1.807, 2.05) is 0 Å². The third-order valence-corrected chi connectivity index (χ3v) is 4.69. The average Bonchev–Trinajstić information content (AvgIpc) is 2.96. The minimum atomic E-state index is -1.13. The van der Waals surface area contributed by atoms with E-state index in [9.17, 15) is 24.9 Å². The zero-order chi connectivity index (χ0) is 15.4. The zero-order valence-electron chi connectivity index (χ0n) is 11.3. The Morgan fingerprint density at radius 3 is 2.67 bits per heavy atom. The molecule has 2 rings (SSSR count). The molecule has 1 amide bonds. The molecule has 2 atom stereocenters. The number of phenols is 2. The van der Waals surface area contributed by atoms with Crippen LogP contribution in [0, 0.1) is 0 Å². The fourth-order valence-electron chi connectivity index (χ4n) is 2.18. The van der Waals surface area contributed by atoms with E-state index in [0.717, 1.165) is 18.6 Å². The Morgan fingerprint density at radius 1 is 1.33 bits per heavy atom. The van der Waals surface area contributed by atoms with E-state index < -0.39 is 12.0 Å². The summed E-state index contributed by atoms with van der Waals surface area (Å²) in [5.74, 6) is -1.04. The van der Waals surface area contributed by atoms with Crippen LogP contribution in [0.4, 0.5) is 0 Å². The van der Waals surface area contributed by atoms with Crippen molar-refractivity contribution in [2.24, 2.45) is 0 Å². The quantitative estimate of drug-likeness (QED) is 0.607. The van der Waals surface area contributed by atoms with Crippen molar-refractivity contribution in [3.05, 3.63) is 23.8 Å². The van der Waals surface area contributed by atoms with Crippen molar-refractivity contribution < 1.29 is 24.9 Å². The molecule has 1 fully saturated rings. The smallest absolute Gasteiger partial charge is 0.326 e. The summed E-state index contributed by atoms with van der Waals surface area (Å²) in [6, 6.07) is 3.05. The van der Waals surface area contributed by atoms with Gasteiger partial charge in [-0.05, 0) is 36.3 Å². The van der Waals surface area contributed by atoms with Gasteiger partial charge in [-0.3, -0.25) is 4.79 Å². The van der Waals surface area contributed by atoms with E-state index in [4.69, 9.17) is 0 Å². The van der Waals surface area contributed by atoms with Crippen molar-refractivity contribution in [3.63, 3.8) is 0 Å². The fourth-order valence-corrected chi connectivity index (χ4v) is 3.35. The maximum atomic E-state index is 12.0. The second-order valence-electron chi connectivity index (χ2n) is 4.93. The van der Waals surface area contributed by atoms with Crippen LogP contribution in [0.25, 0.3) is 0 Å². The predicted octanol–water partition coefficient (Wildman–Crippen LogP) is 1.11. The van der Waals surface area contributed by atoms with Crippen LogP contribution in [0.5, 0.6) is 11.5 Å². The van der Waals surface area contributed by atoms with E-state index in [0.29, 0.717) is 5.56 Å². The first-order chi connectivity index (χ1) is 9.97. The van der Waals surface area contributed by atoms with Gasteiger partial charge in [0.1, 0.15) is 6.04 Å². The first-order valence-corrected chi connectivity index (χ1v) is 7.68. The number of benzene rings is 1. The van der Waals surface area contributed by atoms with Crippen LogP contribution < -0.4 is 5.32 Å². The van der Waals surface area contributed by atoms with Gasteiger partial charge in [0.15, 0.2) is 11.5 Å². The number of carboxylic acid groups (broad SMARTS) is 1. The molecular weight excluding hydrogens is 294 g/mol. The number of hydrogen-bond donors (Lipinski definition) is 4. The van der Waals surface area contributed by atoms with Crippen LogP contribution in [0.15, 0.2) is 18.2 Å². The summed E-state index contributed by atoms with van der Waals surface area (Å²) in [6.45, 7) is 0. The molecule has 4 N–H and O–H groups in total. The molecule has 0 saturated carbocycles. The molecule has 1 saturated heterocycles. The SMILES string of the molecule is O=C(N[C@@H](Cc1ccc(O)c(O)c1)C(=O)O)C1CCCS1. The van der Waals surface area contributed by atoms with Crippen LogP contribution in [0.3, 0.4) is 0 Å². The number of aromatic hydroxyl groups is 2. The zero-order valence-corrected chi connectivity index (χ0v) is 12.1. The van der Waals surface area contributed by atoms with Crippen molar-refractivity contribution >= 4 is 23.6 Å². The number of carbonyl (C=O) groups excluding carboxylic acids is 1. The summed E-state index contributed by atoms with van der Waals surface area (Å²) in [5, 5.41) is 30.2. The molecule has 0 radical (unpaired) electrons. The molecule has 1 unspecified atom stereocenters. The van der Waals surface area contributed by atoms with Gasteiger partial charge < -0.3 is 20.6 Å². The molecule has 1 aromatic rings. The number of hydrogen-bond acceptors (Lipinski definition) is 5. The van der Waals surface area contributed by atoms with Gasteiger partial charge >= 0.3 is 5.97 Å². The lowest BCUT2D eigenvalue weighted by Gasteiger charge is -2.17. The van der Waals surface area contributed by atoms with Crippen molar-refractivity contribution in [1.29, 1.82) is 0 Å². The van der Waals surface area contributed by atoms with Gasteiger partial charge in [0, 0.05) is 6.42 Å². The maximum absolute atomic E-state index is 12.0. The van der Waals surface area contributed by atoms with Crippen molar-refractivity contribution in [2.45, 2.75) is 30.6 Å². The highest BCUT2D eigenvalue weighted by Gasteiger charge is 2.28. The molecule has 0 aliphatic carbocycles. The minimum Gasteiger partial charge on any atom is -0.504 e. The molecule has 1 heterocycles. The van der Waals surface area contributed by atoms with Gasteiger partial charge in [-0.2, -0.15) is 0 Å². The van der Waals surface area contributed by atoms with E-state index in [1.165, 1.54) is 30.0 Å². The lowest BCUT2D eigenvalue weighted by molar-refractivity contribution is -0.141. The summed E-state index contributed by atoms with van der Waals surface area (Å²) in [7, 11) is 0. The number of thioether (sulfide) groups is 1. The third kappa shape index (κ3) is 4.04. The number of aliphatic carboxylic acids is 1. The molecule has 1 aromatic carbocycles. The second kappa shape index (κ2) is 6.71. The Kier molecular flexibility index (Phi) is 4.95. The Morgan fingerprint density at radius 2 is 2.10 bits per heavy atom. The van der Waals surface area contributed by atoms with Crippen molar-refractivity contribution in [2.75, 3.05) is 5.75 Å². The lowest BCUT2D eigenvalue weighted by atomic mass is 10.0. The topological polar surface area (TPSA) is 107 Å². The number of rotatable bonds is 5. The molecule has 7 heteroatoms. The van der Waals surface area contributed by atoms with Gasteiger partial charge in [-0.25, -0.2) is 4.79 Å². The van der Waals surface area contributed by atoms with Gasteiger partial charge in [-0.15, -0.1) is 11.8 Å². The molecule has 114 valence electrons. The van der Waals surface area contributed by atoms with E-state index in [-0.39, 0.29) is 29.1 Å². The molecule has 1 aliphatic heterocycles. The molecule has 21 heavy (non-hydrogen) atoms. The Hall–Kier alpha value is -1.89. The van der Waals surface area contributed by atoms with Gasteiger partial charge in [0.2, 0.25) is 5.91 Å². The summed E-state index contributed by atoms with van der Waals surface area (Å²) in [5.41, 5.74) is 0.525. The number of nitrogens with one attached hydrogen (secondary N) is 1. The number of carboxylic acids is 1. The van der Waals surface area contributed by atoms with E-state index >= 15 is 0 Å². The highest BCUT2D eigenvalue weighted by atomic mass is 32.2. The van der Waals surface area contributed by atoms with Crippen LogP contribution in [-0.2, 0) is 16.0 Å². The molecule has 0 aromatic heterocycles. The van der Waals surface area contributed by atoms with Crippen LogP contribution in [0.2, 0.25) is 0 Å². The van der Waals surface area contributed by atoms with Crippen molar-refractivity contribution in [3.8, 4) is 11.5 Å². The Bertz CT molecular complexity index is 542. The predicted molar refractivity (Wildman–Crippen MR) is 78.5 cm³/mol. The lowest BCUT2D eigenvalue weighted by Crippen LogP contribution is -2.45. The number of phenolic OH excluding ortho intramolecular Hbond substituents is 2. The molecule has 1 aliphatic rings. The van der Waals surface area contributed by atoms with Gasteiger partial charge in [0.05, 0.1) is 5.25 Å². The van der Waals surface area contributed by atoms with Crippen molar-refractivity contribution in [1.82, 2.24) is 5.32 Å². The Labute approximate surface area is 126 Å². The van der Waals surface area contributed by atoms with Crippen LogP contribution in [-0.4, -0.2) is 44.2 Å². The van der Waals surface area contributed by atoms with E-state index in [2.05, 4.69) is 5.32 Å². The first kappa shape index (κ1) is 15.5. The van der Waals surface area contributed by atoms with E-state index in [1.54, 1.807) is 0 Å². The maximum Gasteiger partial charge on any atom is 0.326 e. The third-order valence-electron chi connectivity index (χ3n) is 3.32. The number of amides is 1. The average molecular weight is 311 g/mol. The molecule has 6 nitrogen and oxygen atoms in total. The van der Waals surface area contributed by atoms with Crippen LogP contribution in [0.1, 0.15) is 18.4 Å². The molecular formula is C14H17NO5S. The largest absolute Gasteiger partial charge is 0.504 e. The summed E-state index contributed by atoms with van der Waals surface area (Å²) >= 11 is 1.54. The first-order valence-electron chi connectivity index (χ1n) is 6.63. The standard InChI is InChI=1S/C14H17NO5S/c16-10-4-3-8(7-11(10)17)6-9(14(19)20)15-13(18)12-2-1-5-21-12/h3-4,7,9,12,16-17H,1-2,5-6H2,(H,15,18)(H,19,20)/t9-,12?/m0/s1. The highest BCUT2D eigenvalue weighted by molar-refractivity contribution is 8.00. The number of carbonyl (C=O) groups is 2. The summed E-state index contributed by atoms with van der Waals surface area (Å²) in [4.78, 5) is 23.3. The van der Waals surface area contributed by atoms with Gasteiger partial charge in [0.25, 0.3) is 0 Å². The molecule has 0 bridgehead atoms. The monoisotopic (exact) mass is 311 g/mol. The summed E-state index contributed by atoms with van der Waals surface area (Å²) in [6.07, 6.45) is 1.78. The Balaban J connectivity index is 2.03. The van der Waals surface area contributed by atoms with Gasteiger partial charge in [-0.1, -0.05) is 6.07 Å². The second-order valence-corrected chi connectivity index (χ2v) is 6.24. The fraction of sp³-hybridized carbons (Fsp3) is 0.429. The summed E-state index contributed by atoms with van der Waals surface area (Å²) < 4.78 is 0.